The third-order valence-corrected chi connectivity index (χ3v) is 2.91. The number of benzene rings is 2. The molecule has 2 heteroatoms. The lowest BCUT2D eigenvalue weighted by Crippen LogP contribution is -1.97. The van der Waals surface area contributed by atoms with Gasteiger partial charge >= 0.3 is 0 Å². The van der Waals surface area contributed by atoms with E-state index in [9.17, 15) is 4.39 Å². The van der Waals surface area contributed by atoms with Crippen molar-refractivity contribution in [3.8, 4) is 0 Å². The lowest BCUT2D eigenvalue weighted by atomic mass is 10.1. The highest BCUT2D eigenvalue weighted by Crippen LogP contribution is 2.13. The molecule has 0 aliphatic carbocycles. The van der Waals surface area contributed by atoms with Crippen molar-refractivity contribution in [1.82, 2.24) is 0 Å². The molecule has 1 nitrogen and oxygen atoms in total. The van der Waals surface area contributed by atoms with Gasteiger partial charge in [-0.05, 0) is 42.7 Å². The molecule has 0 unspecified atom stereocenters. The zero-order valence-corrected chi connectivity index (χ0v) is 10.7. The van der Waals surface area contributed by atoms with Crippen molar-refractivity contribution in [1.29, 1.82) is 0 Å². The van der Waals surface area contributed by atoms with E-state index in [1.165, 1.54) is 28.8 Å². The second-order valence-corrected chi connectivity index (χ2v) is 4.55. The van der Waals surface area contributed by atoms with E-state index in [1.54, 1.807) is 6.07 Å². The number of aryl methyl sites for hydroxylation is 2. The van der Waals surface area contributed by atoms with Crippen LogP contribution in [0.15, 0.2) is 42.5 Å². The topological polar surface area (TPSA) is 9.23 Å². The fraction of sp³-hybridized carbons (Fsp3) is 0.250. The van der Waals surface area contributed by atoms with Gasteiger partial charge in [-0.25, -0.2) is 4.39 Å². The molecule has 18 heavy (non-hydrogen) atoms. The molecule has 0 radical (unpaired) electrons. The van der Waals surface area contributed by atoms with Gasteiger partial charge < -0.3 is 4.74 Å². The highest BCUT2D eigenvalue weighted by atomic mass is 19.1. The highest BCUT2D eigenvalue weighted by Gasteiger charge is 2.00. The van der Waals surface area contributed by atoms with E-state index in [4.69, 9.17) is 4.74 Å². The summed E-state index contributed by atoms with van der Waals surface area (Å²) in [5.41, 5.74) is 4.52. The molecule has 2 aromatic rings. The Balaban J connectivity index is 1.92. The Kier molecular flexibility index (Phi) is 4.11. The maximum atomic E-state index is 13.0. The Morgan fingerprint density at radius 2 is 1.83 bits per heavy atom. The zero-order chi connectivity index (χ0) is 13.0. The number of halogens is 1. The van der Waals surface area contributed by atoms with Crippen molar-refractivity contribution in [2.45, 2.75) is 27.1 Å². The number of ether oxygens (including phenoxy) is 1. The molecule has 94 valence electrons. The summed E-state index contributed by atoms with van der Waals surface area (Å²) in [7, 11) is 0. The van der Waals surface area contributed by atoms with Crippen molar-refractivity contribution < 1.29 is 9.13 Å². The number of hydrogen-bond acceptors (Lipinski definition) is 1. The molecule has 0 N–H and O–H groups in total. The van der Waals surface area contributed by atoms with Gasteiger partial charge in [0.15, 0.2) is 0 Å². The first-order chi connectivity index (χ1) is 8.65. The van der Waals surface area contributed by atoms with Gasteiger partial charge in [0.1, 0.15) is 5.82 Å². The molecule has 0 heterocycles. The molecular formula is C16H17FO. The molecular weight excluding hydrogens is 227 g/mol. The summed E-state index contributed by atoms with van der Waals surface area (Å²) < 4.78 is 18.6. The third kappa shape index (κ3) is 3.41. The second-order valence-electron chi connectivity index (χ2n) is 4.55. The van der Waals surface area contributed by atoms with Crippen LogP contribution in [0.2, 0.25) is 0 Å². The van der Waals surface area contributed by atoms with Gasteiger partial charge in [-0.15, -0.1) is 0 Å². The van der Waals surface area contributed by atoms with Crippen LogP contribution in [0.4, 0.5) is 4.39 Å². The van der Waals surface area contributed by atoms with Gasteiger partial charge in [0.05, 0.1) is 13.2 Å². The van der Waals surface area contributed by atoms with Crippen molar-refractivity contribution in [3.05, 3.63) is 70.5 Å². The Morgan fingerprint density at radius 1 is 1.00 bits per heavy atom. The molecule has 0 saturated carbocycles. The predicted octanol–water partition coefficient (Wildman–Crippen LogP) is 4.16. The summed E-state index contributed by atoms with van der Waals surface area (Å²) in [6, 6.07) is 12.8. The van der Waals surface area contributed by atoms with Gasteiger partial charge in [-0.2, -0.15) is 0 Å². The largest absolute Gasteiger partial charge is 0.372 e. The molecule has 0 aliphatic heterocycles. The van der Waals surface area contributed by atoms with Crippen LogP contribution in [0.25, 0.3) is 0 Å². The fourth-order valence-electron chi connectivity index (χ4n) is 1.91. The second kappa shape index (κ2) is 5.78. The maximum Gasteiger partial charge on any atom is 0.123 e. The minimum absolute atomic E-state index is 0.220. The first-order valence-electron chi connectivity index (χ1n) is 6.03. The number of hydrogen-bond donors (Lipinski definition) is 0. The van der Waals surface area contributed by atoms with Crippen molar-refractivity contribution in [2.24, 2.45) is 0 Å². The fourth-order valence-corrected chi connectivity index (χ4v) is 1.91. The van der Waals surface area contributed by atoms with Gasteiger partial charge in [0.2, 0.25) is 0 Å². The van der Waals surface area contributed by atoms with E-state index in [2.05, 4.69) is 32.0 Å². The van der Waals surface area contributed by atoms with Crippen molar-refractivity contribution >= 4 is 0 Å². The summed E-state index contributed by atoms with van der Waals surface area (Å²) in [6.07, 6.45) is 0. The monoisotopic (exact) mass is 244 g/mol. The molecule has 2 rings (SSSR count). The highest BCUT2D eigenvalue weighted by molar-refractivity contribution is 5.29. The molecule has 0 bridgehead atoms. The molecule has 0 amide bonds. The lowest BCUT2D eigenvalue weighted by Gasteiger charge is -2.08. The van der Waals surface area contributed by atoms with E-state index in [-0.39, 0.29) is 5.82 Å². The van der Waals surface area contributed by atoms with Crippen LogP contribution in [0.3, 0.4) is 0 Å². The van der Waals surface area contributed by atoms with Crippen LogP contribution in [0.5, 0.6) is 0 Å². The average Bonchev–Trinajstić information content (AvgIpc) is 2.32. The van der Waals surface area contributed by atoms with Crippen LogP contribution in [0, 0.1) is 19.7 Å². The minimum atomic E-state index is -0.220. The Hall–Kier alpha value is -1.67. The Labute approximate surface area is 107 Å². The first kappa shape index (κ1) is 12.8. The first-order valence-corrected chi connectivity index (χ1v) is 6.03. The van der Waals surface area contributed by atoms with Gasteiger partial charge in [-0.3, -0.25) is 0 Å². The molecule has 0 saturated heterocycles. The summed E-state index contributed by atoms with van der Waals surface area (Å²) in [6.45, 7) is 5.14. The SMILES string of the molecule is Cc1ccc(COCc2cccc(F)c2)c(C)c1. The van der Waals surface area contributed by atoms with E-state index < -0.39 is 0 Å². The van der Waals surface area contributed by atoms with Crippen LogP contribution >= 0.6 is 0 Å². The summed E-state index contributed by atoms with van der Waals surface area (Å²) >= 11 is 0. The normalized spacial score (nSPS) is 10.6. The Bertz CT molecular complexity index is 534. The molecule has 0 aliphatic rings. The smallest absolute Gasteiger partial charge is 0.123 e. The summed E-state index contributed by atoms with van der Waals surface area (Å²) in [5, 5.41) is 0. The predicted molar refractivity (Wildman–Crippen MR) is 70.8 cm³/mol. The Morgan fingerprint density at radius 3 is 2.56 bits per heavy atom. The standard InChI is InChI=1S/C16H17FO/c1-12-6-7-15(13(2)8-12)11-18-10-14-4-3-5-16(17)9-14/h3-9H,10-11H2,1-2H3. The van der Waals surface area contributed by atoms with E-state index in [0.29, 0.717) is 13.2 Å². The number of rotatable bonds is 4. The average molecular weight is 244 g/mol. The minimum Gasteiger partial charge on any atom is -0.372 e. The van der Waals surface area contributed by atoms with Crippen LogP contribution in [-0.2, 0) is 18.0 Å². The molecule has 0 fully saturated rings. The van der Waals surface area contributed by atoms with E-state index in [0.717, 1.165) is 5.56 Å². The van der Waals surface area contributed by atoms with Crippen LogP contribution < -0.4 is 0 Å². The lowest BCUT2D eigenvalue weighted by molar-refractivity contribution is 0.106. The van der Waals surface area contributed by atoms with E-state index in [1.807, 2.05) is 6.07 Å². The zero-order valence-electron chi connectivity index (χ0n) is 10.7. The summed E-state index contributed by atoms with van der Waals surface area (Å²) in [4.78, 5) is 0. The van der Waals surface area contributed by atoms with Gasteiger partial charge in [0, 0.05) is 0 Å². The van der Waals surface area contributed by atoms with Crippen molar-refractivity contribution in [3.63, 3.8) is 0 Å². The molecule has 0 atom stereocenters. The van der Waals surface area contributed by atoms with E-state index >= 15 is 0 Å². The molecule has 0 aromatic heterocycles. The van der Waals surface area contributed by atoms with Crippen molar-refractivity contribution in [2.75, 3.05) is 0 Å². The molecule has 0 spiro atoms. The quantitative estimate of drug-likeness (QED) is 0.784. The summed E-state index contributed by atoms with van der Waals surface area (Å²) in [5.74, 6) is -0.220. The van der Waals surface area contributed by atoms with Crippen LogP contribution in [0.1, 0.15) is 22.3 Å². The van der Waals surface area contributed by atoms with Gasteiger partial charge in [0.25, 0.3) is 0 Å². The van der Waals surface area contributed by atoms with Crippen LogP contribution in [-0.4, -0.2) is 0 Å². The maximum absolute atomic E-state index is 13.0. The molecule has 2 aromatic carbocycles. The van der Waals surface area contributed by atoms with Gasteiger partial charge in [-0.1, -0.05) is 35.9 Å². The third-order valence-electron chi connectivity index (χ3n) is 2.91.